The molecule has 0 aliphatic rings. The minimum atomic E-state index is 0. The van der Waals surface area contributed by atoms with Crippen molar-refractivity contribution in [2.45, 2.75) is 60.3 Å². The zero-order valence-corrected chi connectivity index (χ0v) is 31.9. The third-order valence-electron chi connectivity index (χ3n) is 8.96. The van der Waals surface area contributed by atoms with Gasteiger partial charge in [0.05, 0.1) is 28.6 Å². The molecule has 0 aliphatic heterocycles. The van der Waals surface area contributed by atoms with E-state index in [4.69, 9.17) is 9.40 Å². The van der Waals surface area contributed by atoms with Gasteiger partial charge in [-0.2, -0.15) is 0 Å². The average molecular weight is 833 g/mol. The standard InChI is InChI=1S/C31H28N3O.C13H12N.Ir/c1-18(2)21-11-8-12-22(19(3)4)29(21)34-27-16-20(5)32-17-26(27)33-31(34)25-14-9-13-24-23-10-6-7-15-28(23)35-30(24)25;1-10-3-6-12(7-4-10)13-8-5-11(2)9-14-13;/h6-13,15-19H,1-5H3;3-6,8-9H,1-2H3;/q2*-1;. The summed E-state index contributed by atoms with van der Waals surface area (Å²) in [6.45, 7) is 15.1. The molecule has 0 unspecified atom stereocenters. The van der Waals surface area contributed by atoms with Crippen molar-refractivity contribution >= 4 is 33.0 Å². The van der Waals surface area contributed by atoms with Crippen LogP contribution in [0.4, 0.5) is 0 Å². The van der Waals surface area contributed by atoms with Crippen molar-refractivity contribution in [3.8, 4) is 28.3 Å². The Hall–Kier alpha value is -4.90. The van der Waals surface area contributed by atoms with Gasteiger partial charge in [0.2, 0.25) is 0 Å². The average Bonchev–Trinajstić information content (AvgIpc) is 3.67. The third-order valence-corrected chi connectivity index (χ3v) is 8.96. The summed E-state index contributed by atoms with van der Waals surface area (Å²) in [5.74, 6) is 1.53. The smallest absolute Gasteiger partial charge is 0.120 e. The van der Waals surface area contributed by atoms with Crippen LogP contribution >= 0.6 is 0 Å². The molecule has 1 radical (unpaired) electrons. The predicted octanol–water partition coefficient (Wildman–Crippen LogP) is 11.5. The molecular weight excluding hydrogens is 793 g/mol. The molecule has 8 aromatic rings. The van der Waals surface area contributed by atoms with E-state index in [9.17, 15) is 0 Å². The van der Waals surface area contributed by atoms with Gasteiger partial charge < -0.3 is 14.0 Å². The van der Waals surface area contributed by atoms with E-state index >= 15 is 0 Å². The summed E-state index contributed by atoms with van der Waals surface area (Å²) >= 11 is 0. The number of pyridine rings is 2. The first kappa shape index (κ1) is 34.9. The van der Waals surface area contributed by atoms with Crippen LogP contribution in [0.1, 0.15) is 67.5 Å². The number of imidazole rings is 1. The molecule has 0 N–H and O–H groups in total. The molecule has 0 atom stereocenters. The van der Waals surface area contributed by atoms with Crippen LogP contribution in [0.15, 0.2) is 108 Å². The van der Waals surface area contributed by atoms with Crippen LogP contribution in [0.2, 0.25) is 0 Å². The monoisotopic (exact) mass is 833 g/mol. The number of nitrogens with zero attached hydrogens (tertiary/aromatic N) is 4. The summed E-state index contributed by atoms with van der Waals surface area (Å²) in [5.41, 5.74) is 13.6. The summed E-state index contributed by atoms with van der Waals surface area (Å²) in [5, 5.41) is 2.17. The number of hydrogen-bond acceptors (Lipinski definition) is 4. The molecule has 0 amide bonds. The first-order valence-electron chi connectivity index (χ1n) is 16.9. The Bertz CT molecular complexity index is 2350. The van der Waals surface area contributed by atoms with Crippen molar-refractivity contribution in [1.29, 1.82) is 0 Å². The normalized spacial score (nSPS) is 11.3. The van der Waals surface area contributed by atoms with Gasteiger partial charge in [0.1, 0.15) is 5.58 Å². The van der Waals surface area contributed by atoms with Crippen LogP contribution in [-0.2, 0) is 20.1 Å². The second-order valence-corrected chi connectivity index (χ2v) is 13.4. The van der Waals surface area contributed by atoms with Crippen molar-refractivity contribution in [3.63, 3.8) is 0 Å². The van der Waals surface area contributed by atoms with Gasteiger partial charge in [-0.15, -0.1) is 53.6 Å². The number of rotatable bonds is 5. The van der Waals surface area contributed by atoms with Gasteiger partial charge in [-0.3, -0.25) is 9.97 Å². The Labute approximate surface area is 307 Å². The molecule has 4 aromatic carbocycles. The van der Waals surface area contributed by atoms with Gasteiger partial charge in [-0.25, -0.2) is 0 Å². The van der Waals surface area contributed by atoms with Crippen molar-refractivity contribution in [3.05, 3.63) is 143 Å². The Morgan fingerprint density at radius 2 is 1.46 bits per heavy atom. The molecule has 0 saturated heterocycles. The molecule has 5 nitrogen and oxygen atoms in total. The predicted molar refractivity (Wildman–Crippen MR) is 201 cm³/mol. The fourth-order valence-corrected chi connectivity index (χ4v) is 6.39. The molecule has 6 heteroatoms. The van der Waals surface area contributed by atoms with Crippen molar-refractivity contribution in [2.75, 3.05) is 0 Å². The second kappa shape index (κ2) is 14.5. The molecule has 0 fully saturated rings. The number of furan rings is 1. The van der Waals surface area contributed by atoms with Crippen LogP contribution < -0.4 is 0 Å². The minimum Gasteiger partial charge on any atom is -0.501 e. The van der Waals surface area contributed by atoms with Crippen LogP contribution in [0.5, 0.6) is 0 Å². The maximum atomic E-state index is 6.40. The maximum absolute atomic E-state index is 6.40. The summed E-state index contributed by atoms with van der Waals surface area (Å²) in [6.07, 6.45) is 3.75. The molecule has 253 valence electrons. The van der Waals surface area contributed by atoms with E-state index in [1.807, 2.05) is 68.7 Å². The van der Waals surface area contributed by atoms with Crippen molar-refractivity contribution in [2.24, 2.45) is 0 Å². The number of para-hydroxylation sites is 2. The van der Waals surface area contributed by atoms with Gasteiger partial charge in [-0.1, -0.05) is 94.1 Å². The molecule has 50 heavy (non-hydrogen) atoms. The summed E-state index contributed by atoms with van der Waals surface area (Å²) < 4.78 is 8.72. The van der Waals surface area contributed by atoms with Gasteiger partial charge >= 0.3 is 0 Å². The second-order valence-electron chi connectivity index (χ2n) is 13.4. The minimum absolute atomic E-state index is 0. The van der Waals surface area contributed by atoms with E-state index in [1.54, 1.807) is 0 Å². The third kappa shape index (κ3) is 6.66. The van der Waals surface area contributed by atoms with Gasteiger partial charge in [0.15, 0.2) is 0 Å². The molecular formula is C44H40IrN4O-2. The largest absolute Gasteiger partial charge is 0.501 e. The molecule has 4 heterocycles. The summed E-state index contributed by atoms with van der Waals surface area (Å²) in [7, 11) is 0. The zero-order valence-electron chi connectivity index (χ0n) is 29.5. The van der Waals surface area contributed by atoms with E-state index in [0.29, 0.717) is 11.8 Å². The number of aryl methyl sites for hydroxylation is 3. The Kier molecular flexibility index (Phi) is 10.2. The van der Waals surface area contributed by atoms with Crippen molar-refractivity contribution < 1.29 is 24.5 Å². The summed E-state index contributed by atoms with van der Waals surface area (Å²) in [6, 6.07) is 37.9. The maximum Gasteiger partial charge on any atom is 0.120 e. The van der Waals surface area contributed by atoms with E-state index in [-0.39, 0.29) is 20.1 Å². The molecule has 0 bridgehead atoms. The quantitative estimate of drug-likeness (QED) is 0.162. The first-order valence-corrected chi connectivity index (χ1v) is 16.9. The number of fused-ring (bicyclic) bond motifs is 4. The Balaban J connectivity index is 0.000000242. The SMILES string of the molecule is Cc1c[c-]c(-c2ccc(C)cn2)cc1.Cc1cc2c(cn1)nc(-c1[c-]ccc3c1oc1ccccc13)n2-c1c(C(C)C)cccc1C(C)C.[Ir]. The zero-order chi connectivity index (χ0) is 34.2. The van der Waals surface area contributed by atoms with Crippen LogP contribution in [-0.4, -0.2) is 19.5 Å². The van der Waals surface area contributed by atoms with Gasteiger partial charge in [0, 0.05) is 43.1 Å². The molecule has 0 aliphatic carbocycles. The number of aromatic nitrogens is 4. The fourth-order valence-electron chi connectivity index (χ4n) is 6.39. The topological polar surface area (TPSA) is 56.7 Å². The first-order chi connectivity index (χ1) is 23.7. The molecule has 4 aromatic heterocycles. The van der Waals surface area contributed by atoms with Crippen LogP contribution in [0, 0.1) is 32.9 Å². The van der Waals surface area contributed by atoms with E-state index in [1.165, 1.54) is 27.9 Å². The van der Waals surface area contributed by atoms with Crippen LogP contribution in [0.25, 0.3) is 61.3 Å². The van der Waals surface area contributed by atoms with Gasteiger partial charge in [-0.05, 0) is 60.2 Å². The van der Waals surface area contributed by atoms with Gasteiger partial charge in [0.25, 0.3) is 0 Å². The fraction of sp³-hybridized carbons (Fsp3) is 0.205. The molecule has 0 saturated carbocycles. The molecule has 0 spiro atoms. The molecule has 8 rings (SSSR count). The van der Waals surface area contributed by atoms with E-state index in [0.717, 1.165) is 61.3 Å². The number of hydrogen-bond donors (Lipinski definition) is 0. The van der Waals surface area contributed by atoms with Crippen LogP contribution in [0.3, 0.4) is 0 Å². The van der Waals surface area contributed by atoms with Crippen molar-refractivity contribution in [1.82, 2.24) is 19.5 Å². The Morgan fingerprint density at radius 3 is 2.14 bits per heavy atom. The number of benzene rings is 4. The van der Waals surface area contributed by atoms with E-state index < -0.39 is 0 Å². The Morgan fingerprint density at radius 1 is 0.720 bits per heavy atom. The summed E-state index contributed by atoms with van der Waals surface area (Å²) in [4.78, 5) is 14.0. The van der Waals surface area contributed by atoms with E-state index in [2.05, 4.69) is 110 Å².